The summed E-state index contributed by atoms with van der Waals surface area (Å²) in [4.78, 5) is 11.7. The molecule has 1 aromatic carbocycles. The summed E-state index contributed by atoms with van der Waals surface area (Å²) in [6.07, 6.45) is 1.92. The van der Waals surface area contributed by atoms with E-state index in [4.69, 9.17) is 0 Å². The van der Waals surface area contributed by atoms with E-state index < -0.39 is 5.82 Å². The molecule has 0 unspecified atom stereocenters. The lowest BCUT2D eigenvalue weighted by Gasteiger charge is -2.04. The highest BCUT2D eigenvalue weighted by Gasteiger charge is 2.09. The van der Waals surface area contributed by atoms with E-state index in [1.807, 2.05) is 6.26 Å². The van der Waals surface area contributed by atoms with Crippen molar-refractivity contribution in [1.29, 1.82) is 0 Å². The van der Waals surface area contributed by atoms with Crippen LogP contribution in [0.25, 0.3) is 0 Å². The van der Waals surface area contributed by atoms with Crippen LogP contribution in [0.5, 0.6) is 0 Å². The van der Waals surface area contributed by atoms with E-state index in [1.54, 1.807) is 12.1 Å². The van der Waals surface area contributed by atoms with E-state index in [0.717, 1.165) is 8.68 Å². The van der Waals surface area contributed by atoms with Crippen molar-refractivity contribution in [2.24, 2.45) is 0 Å². The number of anilines is 1. The molecule has 0 bridgehead atoms. The number of hydrogen-bond donors (Lipinski definition) is 1. The van der Waals surface area contributed by atoms with Gasteiger partial charge in [0.15, 0.2) is 8.68 Å². The number of thioether (sulfide) groups is 2. The number of nitrogens with zero attached hydrogens (tertiary/aromatic N) is 2. The first kappa shape index (κ1) is 14.3. The van der Waals surface area contributed by atoms with E-state index in [0.29, 0.717) is 0 Å². The van der Waals surface area contributed by atoms with Gasteiger partial charge >= 0.3 is 0 Å². The first-order chi connectivity index (χ1) is 9.19. The molecule has 4 nitrogen and oxygen atoms in total. The van der Waals surface area contributed by atoms with Crippen molar-refractivity contribution < 1.29 is 9.18 Å². The number of benzene rings is 1. The molecule has 0 saturated carbocycles. The summed E-state index contributed by atoms with van der Waals surface area (Å²) in [6.45, 7) is 0. The molecule has 0 aliphatic heterocycles. The van der Waals surface area contributed by atoms with E-state index in [2.05, 4.69) is 15.5 Å². The number of amides is 1. The van der Waals surface area contributed by atoms with Crippen LogP contribution in [0, 0.1) is 5.82 Å². The molecule has 0 aliphatic rings. The van der Waals surface area contributed by atoms with Gasteiger partial charge in [-0.05, 0) is 18.4 Å². The normalized spacial score (nSPS) is 10.4. The highest BCUT2D eigenvalue weighted by Crippen LogP contribution is 2.27. The molecular formula is C11H10FN3OS3. The largest absolute Gasteiger partial charge is 0.323 e. The lowest BCUT2D eigenvalue weighted by atomic mass is 10.3. The zero-order valence-electron chi connectivity index (χ0n) is 9.92. The van der Waals surface area contributed by atoms with Gasteiger partial charge in [0.25, 0.3) is 0 Å². The number of aromatic nitrogens is 2. The molecule has 0 aliphatic carbocycles. The summed E-state index contributed by atoms with van der Waals surface area (Å²) in [5.41, 5.74) is 0.190. The zero-order valence-corrected chi connectivity index (χ0v) is 12.4. The molecule has 100 valence electrons. The molecule has 0 fully saturated rings. The van der Waals surface area contributed by atoms with Crippen LogP contribution in [0.15, 0.2) is 32.9 Å². The van der Waals surface area contributed by atoms with Crippen molar-refractivity contribution in [3.63, 3.8) is 0 Å². The molecule has 8 heteroatoms. The Hall–Kier alpha value is -1.12. The fourth-order valence-corrected chi connectivity index (χ4v) is 3.45. The molecule has 1 N–H and O–H groups in total. The highest BCUT2D eigenvalue weighted by atomic mass is 32.2. The van der Waals surface area contributed by atoms with Gasteiger partial charge in [0.05, 0.1) is 11.4 Å². The number of carbonyl (C=O) groups is 1. The Balaban J connectivity index is 1.86. The third-order valence-electron chi connectivity index (χ3n) is 2.04. The molecule has 1 heterocycles. The van der Waals surface area contributed by atoms with Crippen LogP contribution in [0.2, 0.25) is 0 Å². The molecule has 0 atom stereocenters. The van der Waals surface area contributed by atoms with Gasteiger partial charge in [-0.25, -0.2) is 4.39 Å². The maximum atomic E-state index is 13.3. The number of para-hydroxylation sites is 1. The quantitative estimate of drug-likeness (QED) is 0.859. The average Bonchev–Trinajstić information content (AvgIpc) is 2.87. The van der Waals surface area contributed by atoms with Gasteiger partial charge in [-0.3, -0.25) is 4.79 Å². The molecule has 0 spiro atoms. The standard InChI is InChI=1S/C11H10FN3OS3/c1-17-10-14-15-11(19-10)18-6-9(16)13-8-5-3-2-4-7(8)12/h2-5H,6H2,1H3,(H,13,16). The minimum atomic E-state index is -0.443. The summed E-state index contributed by atoms with van der Waals surface area (Å²) >= 11 is 4.23. The van der Waals surface area contributed by atoms with Gasteiger partial charge < -0.3 is 5.32 Å². The van der Waals surface area contributed by atoms with Crippen LogP contribution in [-0.2, 0) is 4.79 Å². The van der Waals surface area contributed by atoms with Crippen LogP contribution in [-0.4, -0.2) is 28.1 Å². The number of carbonyl (C=O) groups excluding carboxylic acids is 1. The minimum absolute atomic E-state index is 0.178. The number of hydrogen-bond acceptors (Lipinski definition) is 6. The van der Waals surface area contributed by atoms with Gasteiger partial charge in [-0.15, -0.1) is 10.2 Å². The van der Waals surface area contributed by atoms with Crippen molar-refractivity contribution in [3.8, 4) is 0 Å². The second kappa shape index (κ2) is 6.88. The fourth-order valence-electron chi connectivity index (χ4n) is 1.21. The monoisotopic (exact) mass is 315 g/mol. The van der Waals surface area contributed by atoms with E-state index in [9.17, 15) is 9.18 Å². The molecule has 1 amide bonds. The summed E-state index contributed by atoms with van der Waals surface area (Å²) in [7, 11) is 0. The van der Waals surface area contributed by atoms with Gasteiger partial charge in [0, 0.05) is 0 Å². The third-order valence-corrected chi connectivity index (χ3v) is 5.07. The molecule has 0 radical (unpaired) electrons. The smallest absolute Gasteiger partial charge is 0.234 e. The Bertz CT molecular complexity index is 576. The topological polar surface area (TPSA) is 54.9 Å². The molecular weight excluding hydrogens is 305 g/mol. The molecule has 2 aromatic rings. The van der Waals surface area contributed by atoms with Crippen molar-refractivity contribution in [3.05, 3.63) is 30.1 Å². The van der Waals surface area contributed by atoms with Gasteiger partial charge in [0.2, 0.25) is 5.91 Å². The lowest BCUT2D eigenvalue weighted by molar-refractivity contribution is -0.113. The third kappa shape index (κ3) is 4.19. The second-order valence-electron chi connectivity index (χ2n) is 3.35. The summed E-state index contributed by atoms with van der Waals surface area (Å²) in [6, 6.07) is 6.07. The van der Waals surface area contributed by atoms with Crippen LogP contribution in [0.1, 0.15) is 0 Å². The van der Waals surface area contributed by atoms with Crippen LogP contribution < -0.4 is 5.32 Å². The van der Waals surface area contributed by atoms with Gasteiger partial charge in [-0.2, -0.15) is 0 Å². The number of nitrogens with one attached hydrogen (secondary N) is 1. The number of rotatable bonds is 5. The summed E-state index contributed by atoms with van der Waals surface area (Å²) < 4.78 is 14.9. The maximum absolute atomic E-state index is 13.3. The predicted molar refractivity (Wildman–Crippen MR) is 77.4 cm³/mol. The highest BCUT2D eigenvalue weighted by molar-refractivity contribution is 8.03. The van der Waals surface area contributed by atoms with Crippen LogP contribution in [0.3, 0.4) is 0 Å². The van der Waals surface area contributed by atoms with Crippen molar-refractivity contribution in [2.45, 2.75) is 8.68 Å². The van der Waals surface area contributed by atoms with Crippen LogP contribution in [0.4, 0.5) is 10.1 Å². The zero-order chi connectivity index (χ0) is 13.7. The van der Waals surface area contributed by atoms with E-state index in [1.165, 1.54) is 47.0 Å². The molecule has 0 saturated heterocycles. The summed E-state index contributed by atoms with van der Waals surface area (Å²) in [5, 5.41) is 10.4. The predicted octanol–water partition coefficient (Wildman–Crippen LogP) is 3.13. The molecule has 2 rings (SSSR count). The van der Waals surface area contributed by atoms with Crippen LogP contribution >= 0.6 is 34.9 Å². The Morgan fingerprint density at radius 3 is 2.79 bits per heavy atom. The van der Waals surface area contributed by atoms with E-state index in [-0.39, 0.29) is 17.3 Å². The first-order valence-corrected chi connectivity index (χ1v) is 8.26. The fraction of sp³-hybridized carbons (Fsp3) is 0.182. The Kier molecular flexibility index (Phi) is 5.17. The van der Waals surface area contributed by atoms with Gasteiger partial charge in [0.1, 0.15) is 5.82 Å². The Labute approximate surface area is 122 Å². The van der Waals surface area contributed by atoms with Crippen molar-refractivity contribution in [2.75, 3.05) is 17.3 Å². The first-order valence-electron chi connectivity index (χ1n) is 5.23. The minimum Gasteiger partial charge on any atom is -0.323 e. The van der Waals surface area contributed by atoms with Gasteiger partial charge in [-0.1, -0.05) is 47.0 Å². The Morgan fingerprint density at radius 2 is 2.11 bits per heavy atom. The molecule has 1 aromatic heterocycles. The van der Waals surface area contributed by atoms with E-state index >= 15 is 0 Å². The lowest BCUT2D eigenvalue weighted by Crippen LogP contribution is -2.14. The Morgan fingerprint density at radius 1 is 1.37 bits per heavy atom. The van der Waals surface area contributed by atoms with Crippen molar-refractivity contribution in [1.82, 2.24) is 10.2 Å². The SMILES string of the molecule is CSc1nnc(SCC(=O)Nc2ccccc2F)s1. The maximum Gasteiger partial charge on any atom is 0.234 e. The number of halogens is 1. The average molecular weight is 315 g/mol. The summed E-state index contributed by atoms with van der Waals surface area (Å²) in [5.74, 6) is -0.533. The molecule has 19 heavy (non-hydrogen) atoms. The second-order valence-corrected chi connectivity index (χ2v) is 6.61. The van der Waals surface area contributed by atoms with Crippen molar-refractivity contribution >= 4 is 46.5 Å².